The molecule has 0 bridgehead atoms. The van der Waals surface area contributed by atoms with Gasteiger partial charge in [0.25, 0.3) is 5.91 Å². The zero-order chi connectivity index (χ0) is 18.5. The monoisotopic (exact) mass is 374 g/mol. The molecular formula is C20H30N4O3. The Morgan fingerprint density at radius 1 is 1.04 bits per heavy atom. The van der Waals surface area contributed by atoms with Crippen LogP contribution in [0.15, 0.2) is 18.3 Å². The van der Waals surface area contributed by atoms with Crippen LogP contribution >= 0.6 is 0 Å². The number of likely N-dealkylation sites (tertiary alicyclic amines) is 1. The van der Waals surface area contributed by atoms with Crippen LogP contribution in [-0.2, 0) is 9.47 Å². The van der Waals surface area contributed by atoms with E-state index in [4.69, 9.17) is 9.47 Å². The molecule has 1 aromatic heterocycles. The summed E-state index contributed by atoms with van der Waals surface area (Å²) in [6.07, 6.45) is 5.96. The van der Waals surface area contributed by atoms with Gasteiger partial charge in [0.15, 0.2) is 0 Å². The molecule has 1 amide bonds. The van der Waals surface area contributed by atoms with Crippen LogP contribution < -0.4 is 5.32 Å². The van der Waals surface area contributed by atoms with E-state index >= 15 is 0 Å². The van der Waals surface area contributed by atoms with Crippen molar-refractivity contribution in [1.29, 1.82) is 0 Å². The number of hydrogen-bond donors (Lipinski definition) is 1. The highest BCUT2D eigenvalue weighted by molar-refractivity contribution is 5.94. The third-order valence-corrected chi connectivity index (χ3v) is 5.84. The Labute approximate surface area is 161 Å². The first-order valence-corrected chi connectivity index (χ1v) is 10.2. The fourth-order valence-electron chi connectivity index (χ4n) is 4.23. The third-order valence-electron chi connectivity index (χ3n) is 5.84. The molecule has 3 aliphatic rings. The van der Waals surface area contributed by atoms with Gasteiger partial charge in [-0.15, -0.1) is 0 Å². The molecule has 1 N–H and O–H groups in total. The number of hydrogen-bond acceptors (Lipinski definition) is 6. The van der Waals surface area contributed by atoms with Crippen molar-refractivity contribution >= 4 is 11.7 Å². The number of carbonyl (C=O) groups excluding carboxylic acids is 1. The van der Waals surface area contributed by atoms with E-state index in [2.05, 4.69) is 15.2 Å². The topological polar surface area (TPSA) is 66.9 Å². The van der Waals surface area contributed by atoms with Crippen molar-refractivity contribution in [3.63, 3.8) is 0 Å². The van der Waals surface area contributed by atoms with Crippen molar-refractivity contribution in [2.75, 3.05) is 57.9 Å². The van der Waals surface area contributed by atoms with E-state index in [0.29, 0.717) is 17.6 Å². The first-order chi connectivity index (χ1) is 13.3. The Balaban J connectivity index is 1.28. The molecule has 7 nitrogen and oxygen atoms in total. The van der Waals surface area contributed by atoms with Crippen LogP contribution in [0.4, 0.5) is 5.82 Å². The summed E-state index contributed by atoms with van der Waals surface area (Å²) in [7, 11) is 0. The molecule has 0 spiro atoms. The van der Waals surface area contributed by atoms with Gasteiger partial charge in [-0.25, -0.2) is 4.98 Å². The molecule has 3 saturated heterocycles. The highest BCUT2D eigenvalue weighted by Gasteiger charge is 2.28. The smallest absolute Gasteiger partial charge is 0.255 e. The number of nitrogens with zero attached hydrogens (tertiary/aromatic N) is 3. The second kappa shape index (κ2) is 8.99. The largest absolute Gasteiger partial charge is 0.379 e. The maximum Gasteiger partial charge on any atom is 0.255 e. The van der Waals surface area contributed by atoms with E-state index in [9.17, 15) is 4.79 Å². The molecule has 1 aromatic rings. The average Bonchev–Trinajstić information content (AvgIpc) is 2.75. The van der Waals surface area contributed by atoms with E-state index in [0.717, 1.165) is 84.1 Å². The van der Waals surface area contributed by atoms with E-state index in [-0.39, 0.29) is 5.91 Å². The van der Waals surface area contributed by atoms with Gasteiger partial charge >= 0.3 is 0 Å². The second-order valence-corrected chi connectivity index (χ2v) is 7.66. The van der Waals surface area contributed by atoms with Crippen LogP contribution in [0.1, 0.15) is 36.0 Å². The molecule has 7 heteroatoms. The van der Waals surface area contributed by atoms with Gasteiger partial charge in [-0.2, -0.15) is 0 Å². The number of morpholine rings is 1. The van der Waals surface area contributed by atoms with Gasteiger partial charge in [0.05, 0.1) is 31.4 Å². The minimum absolute atomic E-state index is 0.0930. The van der Waals surface area contributed by atoms with E-state index in [1.165, 1.54) is 0 Å². The molecule has 4 rings (SSSR count). The lowest BCUT2D eigenvalue weighted by atomic mass is 10.0. The highest BCUT2D eigenvalue weighted by atomic mass is 16.5. The minimum Gasteiger partial charge on any atom is -0.379 e. The Kier molecular flexibility index (Phi) is 6.21. The number of aromatic nitrogens is 1. The van der Waals surface area contributed by atoms with Crippen molar-refractivity contribution in [1.82, 2.24) is 14.8 Å². The van der Waals surface area contributed by atoms with Crippen LogP contribution in [0.2, 0.25) is 0 Å². The van der Waals surface area contributed by atoms with Crippen molar-refractivity contribution in [2.24, 2.45) is 0 Å². The molecule has 0 aromatic carbocycles. The second-order valence-electron chi connectivity index (χ2n) is 7.66. The summed E-state index contributed by atoms with van der Waals surface area (Å²) in [6, 6.07) is 4.69. The minimum atomic E-state index is 0.0930. The molecule has 0 saturated carbocycles. The van der Waals surface area contributed by atoms with Crippen molar-refractivity contribution < 1.29 is 14.3 Å². The van der Waals surface area contributed by atoms with Gasteiger partial charge in [0, 0.05) is 45.0 Å². The van der Waals surface area contributed by atoms with Gasteiger partial charge in [-0.05, 0) is 37.8 Å². The number of pyridine rings is 1. The van der Waals surface area contributed by atoms with Gasteiger partial charge < -0.3 is 19.7 Å². The number of anilines is 1. The van der Waals surface area contributed by atoms with Gasteiger partial charge in [-0.3, -0.25) is 9.69 Å². The number of piperidine rings is 1. The first kappa shape index (κ1) is 18.7. The number of amides is 1. The standard InChI is InChI=1S/C20H30N4O3/c25-20(24-7-5-18(6-8-24)23-9-12-26-13-10-23)16-3-4-19(21-14-16)22-17-2-1-11-27-15-17/h3-4,14,17-18H,1-2,5-13,15H2,(H,21,22)/t17-/m1/s1. The molecule has 0 radical (unpaired) electrons. The fraction of sp³-hybridized carbons (Fsp3) is 0.700. The molecule has 0 aliphatic carbocycles. The number of nitrogens with one attached hydrogen (secondary N) is 1. The normalized spacial score (nSPS) is 25.3. The molecule has 148 valence electrons. The molecule has 1 atom stereocenters. The van der Waals surface area contributed by atoms with Gasteiger partial charge in [0.2, 0.25) is 0 Å². The Bertz CT molecular complexity index is 604. The Hall–Kier alpha value is -1.70. The molecule has 0 unspecified atom stereocenters. The molecule has 27 heavy (non-hydrogen) atoms. The lowest BCUT2D eigenvalue weighted by Crippen LogP contribution is -2.50. The molecule has 3 aliphatic heterocycles. The summed E-state index contributed by atoms with van der Waals surface area (Å²) >= 11 is 0. The highest BCUT2D eigenvalue weighted by Crippen LogP contribution is 2.20. The third kappa shape index (κ3) is 4.78. The molecule has 4 heterocycles. The zero-order valence-corrected chi connectivity index (χ0v) is 15.9. The van der Waals surface area contributed by atoms with Crippen LogP contribution in [0.3, 0.4) is 0 Å². The van der Waals surface area contributed by atoms with Crippen LogP contribution in [-0.4, -0.2) is 85.4 Å². The summed E-state index contributed by atoms with van der Waals surface area (Å²) in [5.41, 5.74) is 0.672. The Morgan fingerprint density at radius 2 is 1.85 bits per heavy atom. The van der Waals surface area contributed by atoms with Crippen molar-refractivity contribution in [3.05, 3.63) is 23.9 Å². The van der Waals surface area contributed by atoms with Gasteiger partial charge in [0.1, 0.15) is 5.82 Å². The number of carbonyl (C=O) groups is 1. The van der Waals surface area contributed by atoms with Crippen LogP contribution in [0, 0.1) is 0 Å². The molecule has 3 fully saturated rings. The molecular weight excluding hydrogens is 344 g/mol. The average molecular weight is 374 g/mol. The summed E-state index contributed by atoms with van der Waals surface area (Å²) in [5.74, 6) is 0.906. The number of rotatable bonds is 4. The maximum atomic E-state index is 12.8. The lowest BCUT2D eigenvalue weighted by Gasteiger charge is -2.40. The van der Waals surface area contributed by atoms with E-state index < -0.39 is 0 Å². The van der Waals surface area contributed by atoms with Crippen molar-refractivity contribution in [2.45, 2.75) is 37.8 Å². The number of ether oxygens (including phenoxy) is 2. The van der Waals surface area contributed by atoms with Crippen LogP contribution in [0.25, 0.3) is 0 Å². The lowest BCUT2D eigenvalue weighted by molar-refractivity contribution is 0.00158. The van der Waals surface area contributed by atoms with E-state index in [1.54, 1.807) is 6.20 Å². The van der Waals surface area contributed by atoms with Gasteiger partial charge in [-0.1, -0.05) is 0 Å². The predicted molar refractivity (Wildman–Crippen MR) is 103 cm³/mol. The summed E-state index contributed by atoms with van der Waals surface area (Å²) < 4.78 is 10.9. The summed E-state index contributed by atoms with van der Waals surface area (Å²) in [6.45, 7) is 6.91. The maximum absolute atomic E-state index is 12.8. The van der Waals surface area contributed by atoms with Crippen LogP contribution in [0.5, 0.6) is 0 Å². The summed E-state index contributed by atoms with van der Waals surface area (Å²) in [4.78, 5) is 21.7. The van der Waals surface area contributed by atoms with Crippen molar-refractivity contribution in [3.8, 4) is 0 Å². The van der Waals surface area contributed by atoms with E-state index in [1.807, 2.05) is 17.0 Å². The fourth-order valence-corrected chi connectivity index (χ4v) is 4.23. The Morgan fingerprint density at radius 3 is 2.52 bits per heavy atom. The summed E-state index contributed by atoms with van der Waals surface area (Å²) in [5, 5.41) is 3.39. The SMILES string of the molecule is O=C(c1ccc(N[C@@H]2CCCOC2)nc1)N1CCC(N2CCOCC2)CC1. The zero-order valence-electron chi connectivity index (χ0n) is 15.9. The predicted octanol–water partition coefficient (Wildman–Crippen LogP) is 1.61. The quantitative estimate of drug-likeness (QED) is 0.864. The first-order valence-electron chi connectivity index (χ1n) is 10.2.